The summed E-state index contributed by atoms with van der Waals surface area (Å²) >= 11 is 0. The van der Waals surface area contributed by atoms with Gasteiger partial charge >= 0.3 is 0 Å². The molecule has 3 fully saturated rings. The molecular formula is C18H32ClN3O3. The monoisotopic (exact) mass is 373 g/mol. The van der Waals surface area contributed by atoms with E-state index < -0.39 is 6.04 Å². The fraction of sp³-hybridized carbons (Fsp3) is 0.889. The van der Waals surface area contributed by atoms with E-state index in [0.717, 1.165) is 38.6 Å². The van der Waals surface area contributed by atoms with E-state index in [4.69, 9.17) is 10.5 Å². The average Bonchev–Trinajstić information content (AvgIpc) is 3.10. The molecule has 0 aromatic rings. The summed E-state index contributed by atoms with van der Waals surface area (Å²) in [7, 11) is 0. The van der Waals surface area contributed by atoms with Crippen LogP contribution in [0.1, 0.15) is 51.4 Å². The predicted octanol–water partition coefficient (Wildman–Crippen LogP) is 1.46. The molecule has 2 aliphatic heterocycles. The Labute approximate surface area is 156 Å². The SMILES string of the molecule is Cl.NC(C(=O)NC1CCN(C(=O)C2CCCCC2)C1)C1CCOCC1. The van der Waals surface area contributed by atoms with Gasteiger partial charge in [-0.15, -0.1) is 12.4 Å². The van der Waals surface area contributed by atoms with Crippen LogP contribution in [0.15, 0.2) is 0 Å². The van der Waals surface area contributed by atoms with Crippen molar-refractivity contribution in [2.75, 3.05) is 26.3 Å². The highest BCUT2D eigenvalue weighted by Gasteiger charge is 2.34. The maximum absolute atomic E-state index is 12.6. The molecule has 2 saturated heterocycles. The quantitative estimate of drug-likeness (QED) is 0.781. The molecule has 1 aliphatic carbocycles. The highest BCUT2D eigenvalue weighted by atomic mass is 35.5. The van der Waals surface area contributed by atoms with Crippen LogP contribution in [0.3, 0.4) is 0 Å². The van der Waals surface area contributed by atoms with Crippen molar-refractivity contribution in [3.8, 4) is 0 Å². The lowest BCUT2D eigenvalue weighted by Gasteiger charge is -2.28. The number of likely N-dealkylation sites (tertiary alicyclic amines) is 1. The zero-order valence-electron chi connectivity index (χ0n) is 15.0. The first-order chi connectivity index (χ1) is 11.6. The summed E-state index contributed by atoms with van der Waals surface area (Å²) in [6.07, 6.45) is 8.20. The number of halogens is 1. The molecule has 0 aromatic heterocycles. The Balaban J connectivity index is 0.00000225. The molecule has 0 aromatic carbocycles. The Morgan fingerprint density at radius 3 is 2.40 bits per heavy atom. The summed E-state index contributed by atoms with van der Waals surface area (Å²) < 4.78 is 5.33. The second-order valence-electron chi connectivity index (χ2n) is 7.59. The third-order valence-corrected chi connectivity index (χ3v) is 5.88. The van der Waals surface area contributed by atoms with E-state index in [9.17, 15) is 9.59 Å². The standard InChI is InChI=1S/C18H31N3O3.ClH/c19-16(13-7-10-24-11-8-13)17(22)20-15-6-9-21(12-15)18(23)14-4-2-1-3-5-14;/h13-16H,1-12,19H2,(H,20,22);1H. The highest BCUT2D eigenvalue weighted by molar-refractivity contribution is 5.85. The molecule has 3 rings (SSSR count). The molecule has 2 atom stereocenters. The van der Waals surface area contributed by atoms with Gasteiger partial charge in [-0.05, 0) is 38.0 Å². The minimum atomic E-state index is -0.461. The van der Waals surface area contributed by atoms with Crippen molar-refractivity contribution in [2.45, 2.75) is 63.5 Å². The second kappa shape index (κ2) is 9.74. The smallest absolute Gasteiger partial charge is 0.237 e. The molecule has 0 bridgehead atoms. The van der Waals surface area contributed by atoms with Gasteiger partial charge in [-0.2, -0.15) is 0 Å². The minimum Gasteiger partial charge on any atom is -0.381 e. The van der Waals surface area contributed by atoms with Crippen LogP contribution in [0.25, 0.3) is 0 Å². The largest absolute Gasteiger partial charge is 0.381 e. The number of nitrogens with two attached hydrogens (primary N) is 1. The van der Waals surface area contributed by atoms with Gasteiger partial charge in [0.25, 0.3) is 0 Å². The second-order valence-corrected chi connectivity index (χ2v) is 7.59. The summed E-state index contributed by atoms with van der Waals surface area (Å²) in [6.45, 7) is 2.78. The Hall–Kier alpha value is -0.850. The first-order valence-electron chi connectivity index (χ1n) is 9.57. The van der Waals surface area contributed by atoms with Gasteiger partial charge in [-0.1, -0.05) is 19.3 Å². The van der Waals surface area contributed by atoms with Gasteiger partial charge in [0, 0.05) is 38.3 Å². The van der Waals surface area contributed by atoms with Crippen LogP contribution in [0, 0.1) is 11.8 Å². The molecular weight excluding hydrogens is 342 g/mol. The Kier molecular flexibility index (Phi) is 7.97. The molecule has 2 heterocycles. The molecule has 0 radical (unpaired) electrons. The summed E-state index contributed by atoms with van der Waals surface area (Å²) in [5, 5.41) is 3.07. The molecule has 6 nitrogen and oxygen atoms in total. The summed E-state index contributed by atoms with van der Waals surface area (Å²) in [4.78, 5) is 26.9. The zero-order chi connectivity index (χ0) is 16.9. The molecule has 1 saturated carbocycles. The Morgan fingerprint density at radius 2 is 1.72 bits per heavy atom. The van der Waals surface area contributed by atoms with Crippen molar-refractivity contribution in [3.63, 3.8) is 0 Å². The lowest BCUT2D eigenvalue weighted by atomic mass is 9.88. The van der Waals surface area contributed by atoms with Gasteiger partial charge in [0.15, 0.2) is 0 Å². The van der Waals surface area contributed by atoms with E-state index in [-0.39, 0.29) is 36.2 Å². The third-order valence-electron chi connectivity index (χ3n) is 5.88. The summed E-state index contributed by atoms with van der Waals surface area (Å²) in [5.74, 6) is 0.636. The predicted molar refractivity (Wildman–Crippen MR) is 98.5 cm³/mol. The number of amides is 2. The number of nitrogens with zero attached hydrogens (tertiary/aromatic N) is 1. The fourth-order valence-corrected chi connectivity index (χ4v) is 4.27. The molecule has 0 spiro atoms. The van der Waals surface area contributed by atoms with Gasteiger partial charge in [0.2, 0.25) is 11.8 Å². The maximum Gasteiger partial charge on any atom is 0.237 e. The van der Waals surface area contributed by atoms with E-state index in [0.29, 0.717) is 25.7 Å². The Morgan fingerprint density at radius 1 is 1.04 bits per heavy atom. The van der Waals surface area contributed by atoms with E-state index in [1.54, 1.807) is 0 Å². The van der Waals surface area contributed by atoms with Crippen molar-refractivity contribution in [1.29, 1.82) is 0 Å². The van der Waals surface area contributed by atoms with Crippen LogP contribution in [-0.2, 0) is 14.3 Å². The van der Waals surface area contributed by atoms with E-state index >= 15 is 0 Å². The number of rotatable bonds is 4. The van der Waals surface area contributed by atoms with E-state index in [1.807, 2.05) is 4.90 Å². The minimum absolute atomic E-state index is 0. The lowest BCUT2D eigenvalue weighted by molar-refractivity contribution is -0.135. The highest BCUT2D eigenvalue weighted by Crippen LogP contribution is 2.27. The number of ether oxygens (including phenoxy) is 1. The first kappa shape index (κ1) is 20.5. The van der Waals surface area contributed by atoms with Crippen molar-refractivity contribution in [2.24, 2.45) is 17.6 Å². The average molecular weight is 374 g/mol. The molecule has 25 heavy (non-hydrogen) atoms. The van der Waals surface area contributed by atoms with Crippen LogP contribution in [-0.4, -0.2) is 55.1 Å². The van der Waals surface area contributed by atoms with Crippen LogP contribution in [0.4, 0.5) is 0 Å². The van der Waals surface area contributed by atoms with Crippen molar-refractivity contribution < 1.29 is 14.3 Å². The number of hydrogen-bond donors (Lipinski definition) is 2. The molecule has 144 valence electrons. The van der Waals surface area contributed by atoms with Gasteiger partial charge < -0.3 is 20.7 Å². The van der Waals surface area contributed by atoms with Gasteiger partial charge in [-0.25, -0.2) is 0 Å². The molecule has 3 aliphatic rings. The molecule has 2 amide bonds. The lowest BCUT2D eigenvalue weighted by Crippen LogP contribution is -2.50. The topological polar surface area (TPSA) is 84.7 Å². The first-order valence-corrected chi connectivity index (χ1v) is 9.57. The Bertz CT molecular complexity index is 451. The number of hydrogen-bond acceptors (Lipinski definition) is 4. The van der Waals surface area contributed by atoms with Crippen LogP contribution < -0.4 is 11.1 Å². The number of nitrogens with one attached hydrogen (secondary N) is 1. The molecule has 7 heteroatoms. The van der Waals surface area contributed by atoms with E-state index in [1.165, 1.54) is 19.3 Å². The number of carbonyl (C=O) groups excluding carboxylic acids is 2. The summed E-state index contributed by atoms with van der Waals surface area (Å²) in [5.41, 5.74) is 6.13. The van der Waals surface area contributed by atoms with Gasteiger partial charge in [0.1, 0.15) is 0 Å². The molecule has 2 unspecified atom stereocenters. The molecule has 3 N–H and O–H groups in total. The van der Waals surface area contributed by atoms with Gasteiger partial charge in [0.05, 0.1) is 6.04 Å². The van der Waals surface area contributed by atoms with Crippen LogP contribution >= 0.6 is 12.4 Å². The van der Waals surface area contributed by atoms with Crippen LogP contribution in [0.5, 0.6) is 0 Å². The normalized spacial score (nSPS) is 26.8. The van der Waals surface area contributed by atoms with Gasteiger partial charge in [-0.3, -0.25) is 9.59 Å². The fourth-order valence-electron chi connectivity index (χ4n) is 4.27. The number of carbonyl (C=O) groups is 2. The third kappa shape index (κ3) is 5.31. The zero-order valence-corrected chi connectivity index (χ0v) is 15.8. The van der Waals surface area contributed by atoms with Crippen LogP contribution in [0.2, 0.25) is 0 Å². The van der Waals surface area contributed by atoms with Crippen molar-refractivity contribution in [1.82, 2.24) is 10.2 Å². The maximum atomic E-state index is 12.6. The summed E-state index contributed by atoms with van der Waals surface area (Å²) in [6, 6.07) is -0.409. The van der Waals surface area contributed by atoms with E-state index in [2.05, 4.69) is 5.32 Å². The van der Waals surface area contributed by atoms with Crippen molar-refractivity contribution in [3.05, 3.63) is 0 Å². The van der Waals surface area contributed by atoms with Crippen molar-refractivity contribution >= 4 is 24.2 Å².